The highest BCUT2D eigenvalue weighted by atomic mass is 32.1. The third kappa shape index (κ3) is 10.2. The van der Waals surface area contributed by atoms with Gasteiger partial charge in [-0.25, -0.2) is 19.2 Å². The summed E-state index contributed by atoms with van der Waals surface area (Å²) in [5.41, 5.74) is 6.40. The minimum Gasteiger partial charge on any atom is -0.478 e. The largest absolute Gasteiger partial charge is 0.478 e. The molecule has 0 radical (unpaired) electrons. The Kier molecular flexibility index (Phi) is 13.7. The Morgan fingerprint density at radius 3 is 0.681 bits per heavy atom. The van der Waals surface area contributed by atoms with Gasteiger partial charge in [-0.3, -0.25) is 0 Å². The first-order valence-electron chi connectivity index (χ1n) is 20.9. The van der Waals surface area contributed by atoms with Gasteiger partial charge in [-0.1, -0.05) is 95.9 Å². The van der Waals surface area contributed by atoms with Crippen LogP contribution in [0.4, 0.5) is 0 Å². The molecule has 0 saturated carbocycles. The van der Waals surface area contributed by atoms with E-state index in [-0.39, 0.29) is 22.3 Å². The third-order valence-electron chi connectivity index (χ3n) is 11.2. The Morgan fingerprint density at radius 2 is 0.522 bits per heavy atom. The summed E-state index contributed by atoms with van der Waals surface area (Å²) in [6.45, 7) is 7.04. The molecule has 8 rings (SSSR count). The zero-order valence-corrected chi connectivity index (χ0v) is 40.4. The van der Waals surface area contributed by atoms with Crippen LogP contribution in [0, 0.1) is 75.1 Å². The summed E-state index contributed by atoms with van der Waals surface area (Å²) < 4.78 is 0. The Labute approximate surface area is 413 Å². The van der Waals surface area contributed by atoms with Crippen LogP contribution in [0.1, 0.15) is 125 Å². The minimum absolute atomic E-state index is 0.229. The second-order valence-electron chi connectivity index (χ2n) is 15.6. The molecule has 0 aliphatic rings. The van der Waals surface area contributed by atoms with Crippen molar-refractivity contribution < 1.29 is 39.6 Å². The van der Waals surface area contributed by atoms with E-state index in [0.29, 0.717) is 39.0 Å². The van der Waals surface area contributed by atoms with Crippen molar-refractivity contribution in [3.05, 3.63) is 227 Å². The van der Waals surface area contributed by atoms with Gasteiger partial charge in [0.15, 0.2) is 0 Å². The predicted octanol–water partition coefficient (Wildman–Crippen LogP) is 11.9. The summed E-state index contributed by atoms with van der Waals surface area (Å²) in [6, 6.07) is 38.1. The normalized spacial score (nSPS) is 10.6. The van der Waals surface area contributed by atoms with Crippen molar-refractivity contribution in [3.8, 4) is 47.4 Å². The first kappa shape index (κ1) is 47.3. The SMILES string of the molecule is Cc1sc(C#Cc2ccc(C(c3ccc(C#Cc4cc(C(=O)O)c(C)s4)cc3)(c3ccc(C#Cc4cc(C(=O)O)c(C)s4)cc3)c3ccc(C#Cc4cc(C(=O)O)c(C)s4)cc3)cc2)cc1C(=O)O. The van der Waals surface area contributed by atoms with Gasteiger partial charge in [0.05, 0.1) is 47.2 Å². The standard InChI is InChI=1S/C57H36O8S4/c1-33-49(53(58)59)29-45(66-33)25-13-37-5-17-41(18-6-37)57(42-19-7-38(8-20-42)14-26-46-30-50(54(60)61)34(2)67-46,43-21-9-39(10-22-43)15-27-47-31-51(55(62)63)35(3)68-47)44-23-11-40(12-24-44)16-28-48-32-52(56(64)65)36(4)69-48/h5-12,17-24,29-32H,1-4H3,(H,58,59)(H,60,61)(H,62,63)(H,64,65). The molecule has 4 N–H and O–H groups in total. The van der Waals surface area contributed by atoms with Crippen molar-refractivity contribution in [1.82, 2.24) is 0 Å². The van der Waals surface area contributed by atoms with Crippen LogP contribution in [0.15, 0.2) is 121 Å². The molecule has 0 spiro atoms. The highest BCUT2D eigenvalue weighted by Crippen LogP contribution is 2.45. The highest BCUT2D eigenvalue weighted by Gasteiger charge is 2.38. The molecule has 4 heterocycles. The van der Waals surface area contributed by atoms with Crippen molar-refractivity contribution >= 4 is 69.2 Å². The summed E-state index contributed by atoms with van der Waals surface area (Å²) in [5, 5.41) is 38.3. The molecule has 4 aromatic carbocycles. The number of hydrogen-bond acceptors (Lipinski definition) is 8. The van der Waals surface area contributed by atoms with E-state index >= 15 is 0 Å². The molecule has 0 amide bonds. The minimum atomic E-state index is -0.997. The molecule has 0 aliphatic heterocycles. The molecule has 0 fully saturated rings. The second-order valence-corrected chi connectivity index (χ2v) is 20.6. The van der Waals surface area contributed by atoms with E-state index in [2.05, 4.69) is 47.4 Å². The molecule has 0 saturated heterocycles. The number of benzene rings is 4. The molecule has 336 valence electrons. The lowest BCUT2D eigenvalue weighted by atomic mass is 9.65. The van der Waals surface area contributed by atoms with Crippen LogP contribution in [-0.2, 0) is 5.41 Å². The molecular formula is C57H36O8S4. The Bertz CT molecular complexity index is 3120. The Balaban J connectivity index is 1.27. The number of carboxylic acids is 4. The number of carbonyl (C=O) groups is 4. The van der Waals surface area contributed by atoms with E-state index in [1.165, 1.54) is 45.3 Å². The van der Waals surface area contributed by atoms with Crippen molar-refractivity contribution in [1.29, 1.82) is 0 Å². The highest BCUT2D eigenvalue weighted by molar-refractivity contribution is 7.13. The molecule has 8 nitrogen and oxygen atoms in total. The first-order chi connectivity index (χ1) is 33.1. The third-order valence-corrected chi connectivity index (χ3v) is 15.0. The Morgan fingerprint density at radius 1 is 0.333 bits per heavy atom. The lowest BCUT2D eigenvalue weighted by Crippen LogP contribution is -2.31. The van der Waals surface area contributed by atoms with Gasteiger partial charge in [0.25, 0.3) is 0 Å². The molecule has 0 unspecified atom stereocenters. The zero-order chi connectivity index (χ0) is 49.0. The van der Waals surface area contributed by atoms with E-state index in [9.17, 15) is 39.6 Å². The number of aryl methyl sites for hydroxylation is 4. The number of aromatic carboxylic acids is 4. The van der Waals surface area contributed by atoms with Crippen molar-refractivity contribution in [2.45, 2.75) is 33.1 Å². The summed E-state index contributed by atoms with van der Waals surface area (Å²) in [5.74, 6) is 21.4. The summed E-state index contributed by atoms with van der Waals surface area (Å²) in [4.78, 5) is 52.1. The zero-order valence-electron chi connectivity index (χ0n) is 37.1. The molecule has 0 atom stereocenters. The number of rotatable bonds is 8. The molecular weight excluding hydrogens is 941 g/mol. The fourth-order valence-electron chi connectivity index (χ4n) is 7.77. The van der Waals surface area contributed by atoms with Crippen LogP contribution in [0.5, 0.6) is 0 Å². The number of carboxylic acid groups (broad SMARTS) is 4. The van der Waals surface area contributed by atoms with Gasteiger partial charge < -0.3 is 20.4 Å². The molecule has 0 bridgehead atoms. The fourth-order valence-corrected chi connectivity index (χ4v) is 11.2. The van der Waals surface area contributed by atoms with Crippen molar-refractivity contribution in [2.75, 3.05) is 0 Å². The van der Waals surface area contributed by atoms with Gasteiger partial charge in [-0.2, -0.15) is 0 Å². The van der Waals surface area contributed by atoms with Crippen molar-refractivity contribution in [2.24, 2.45) is 0 Å². The van der Waals surface area contributed by atoms with E-state index in [4.69, 9.17) is 0 Å². The number of thiophene rings is 4. The average molecular weight is 977 g/mol. The van der Waals surface area contributed by atoms with Gasteiger partial charge in [0.1, 0.15) is 0 Å². The van der Waals surface area contributed by atoms with Gasteiger partial charge in [0, 0.05) is 41.8 Å². The van der Waals surface area contributed by atoms with E-state index in [1.807, 2.05) is 97.1 Å². The summed E-state index contributed by atoms with van der Waals surface area (Å²) in [7, 11) is 0. The maximum absolute atomic E-state index is 11.7. The lowest BCUT2D eigenvalue weighted by molar-refractivity contribution is 0.0686. The molecule has 69 heavy (non-hydrogen) atoms. The maximum atomic E-state index is 11.7. The van der Waals surface area contributed by atoms with Crippen LogP contribution in [0.25, 0.3) is 0 Å². The molecule has 0 aliphatic carbocycles. The number of hydrogen-bond donors (Lipinski definition) is 4. The quantitative estimate of drug-likeness (QED) is 0.0869. The van der Waals surface area contributed by atoms with Crippen LogP contribution < -0.4 is 0 Å². The molecule has 4 aromatic heterocycles. The van der Waals surface area contributed by atoms with E-state index in [0.717, 1.165) is 44.5 Å². The fraction of sp³-hybridized carbons (Fsp3) is 0.0877. The molecule has 12 heteroatoms. The smallest absolute Gasteiger partial charge is 0.336 e. The van der Waals surface area contributed by atoms with Gasteiger partial charge in [0.2, 0.25) is 0 Å². The van der Waals surface area contributed by atoms with Crippen LogP contribution in [-0.4, -0.2) is 44.3 Å². The average Bonchev–Trinajstić information content (AvgIpc) is 4.12. The summed E-state index contributed by atoms with van der Waals surface area (Å²) >= 11 is 5.31. The van der Waals surface area contributed by atoms with E-state index < -0.39 is 29.3 Å². The monoisotopic (exact) mass is 976 g/mol. The topological polar surface area (TPSA) is 149 Å². The van der Waals surface area contributed by atoms with Gasteiger partial charge in [-0.15, -0.1) is 45.3 Å². The van der Waals surface area contributed by atoms with Gasteiger partial charge in [-0.05, 0) is 123 Å². The van der Waals surface area contributed by atoms with Crippen molar-refractivity contribution in [3.63, 3.8) is 0 Å². The van der Waals surface area contributed by atoms with Gasteiger partial charge >= 0.3 is 23.9 Å². The second kappa shape index (κ2) is 20.0. The summed E-state index contributed by atoms with van der Waals surface area (Å²) in [6.07, 6.45) is 0. The lowest BCUT2D eigenvalue weighted by Gasteiger charge is -2.37. The van der Waals surface area contributed by atoms with Crippen LogP contribution in [0.3, 0.4) is 0 Å². The first-order valence-corrected chi connectivity index (χ1v) is 24.2. The molecule has 8 aromatic rings. The maximum Gasteiger partial charge on any atom is 0.336 e. The van der Waals surface area contributed by atoms with Crippen LogP contribution >= 0.6 is 45.3 Å². The Hall–Kier alpha value is -8.20. The predicted molar refractivity (Wildman–Crippen MR) is 273 cm³/mol. The van der Waals surface area contributed by atoms with Crippen LogP contribution in [0.2, 0.25) is 0 Å². The van der Waals surface area contributed by atoms with E-state index in [1.54, 1.807) is 52.0 Å².